The Morgan fingerprint density at radius 1 is 1.06 bits per heavy atom. The first-order valence-electron chi connectivity index (χ1n) is 5.53. The second-order valence-corrected chi connectivity index (χ2v) is 4.63. The summed E-state index contributed by atoms with van der Waals surface area (Å²) < 4.78 is 0. The van der Waals surface area contributed by atoms with Crippen LogP contribution in [-0.4, -0.2) is 4.98 Å². The summed E-state index contributed by atoms with van der Waals surface area (Å²) in [6.45, 7) is 6.28. The Balaban J connectivity index is 2.36. The molecule has 0 saturated heterocycles. The van der Waals surface area contributed by atoms with Crippen LogP contribution in [0.3, 0.4) is 0 Å². The number of rotatable bonds is 2. The average Bonchev–Trinajstić information content (AvgIpc) is 2.23. The predicted molar refractivity (Wildman–Crippen MR) is 73.2 cm³/mol. The number of anilines is 2. The van der Waals surface area contributed by atoms with Crippen molar-refractivity contribution >= 4 is 23.1 Å². The summed E-state index contributed by atoms with van der Waals surface area (Å²) in [4.78, 5) is 4.23. The van der Waals surface area contributed by atoms with Crippen molar-refractivity contribution in [2.24, 2.45) is 0 Å². The van der Waals surface area contributed by atoms with E-state index in [1.54, 1.807) is 6.07 Å². The number of benzene rings is 1. The lowest BCUT2D eigenvalue weighted by atomic mass is 10.1. The molecule has 1 aromatic heterocycles. The zero-order valence-electron chi connectivity index (χ0n) is 10.2. The third-order valence-electron chi connectivity index (χ3n) is 2.65. The zero-order valence-corrected chi connectivity index (χ0v) is 11.0. The smallest absolute Gasteiger partial charge is 0.132 e. The fourth-order valence-electron chi connectivity index (χ4n) is 1.98. The minimum atomic E-state index is 0.498. The van der Waals surface area contributed by atoms with Gasteiger partial charge in [-0.15, -0.1) is 0 Å². The van der Waals surface area contributed by atoms with Gasteiger partial charge in [0, 0.05) is 5.69 Å². The van der Waals surface area contributed by atoms with Gasteiger partial charge in [0.15, 0.2) is 0 Å². The molecule has 0 radical (unpaired) electrons. The summed E-state index contributed by atoms with van der Waals surface area (Å²) in [7, 11) is 0. The number of hydrogen-bond acceptors (Lipinski definition) is 2. The highest BCUT2D eigenvalue weighted by molar-refractivity contribution is 6.29. The molecule has 0 spiro atoms. The van der Waals surface area contributed by atoms with Crippen molar-refractivity contribution in [3.63, 3.8) is 0 Å². The summed E-state index contributed by atoms with van der Waals surface area (Å²) in [6, 6.07) is 9.86. The van der Waals surface area contributed by atoms with Gasteiger partial charge in [-0.2, -0.15) is 0 Å². The van der Waals surface area contributed by atoms with Crippen LogP contribution in [0.15, 0.2) is 30.3 Å². The molecule has 0 fully saturated rings. The number of nitrogens with one attached hydrogen (secondary N) is 1. The van der Waals surface area contributed by atoms with E-state index in [2.05, 4.69) is 43.2 Å². The van der Waals surface area contributed by atoms with Crippen molar-refractivity contribution in [3.05, 3.63) is 52.2 Å². The summed E-state index contributed by atoms with van der Waals surface area (Å²) in [6.07, 6.45) is 0. The van der Waals surface area contributed by atoms with Gasteiger partial charge in [0.05, 0.1) is 0 Å². The normalized spacial score (nSPS) is 10.4. The van der Waals surface area contributed by atoms with E-state index >= 15 is 0 Å². The van der Waals surface area contributed by atoms with Gasteiger partial charge in [-0.1, -0.05) is 35.4 Å². The molecule has 2 nitrogen and oxygen atoms in total. The van der Waals surface area contributed by atoms with E-state index in [1.807, 2.05) is 12.1 Å². The Morgan fingerprint density at radius 3 is 2.29 bits per heavy atom. The minimum Gasteiger partial charge on any atom is -0.340 e. The van der Waals surface area contributed by atoms with Crippen molar-refractivity contribution in [1.29, 1.82) is 0 Å². The second-order valence-electron chi connectivity index (χ2n) is 4.24. The van der Waals surface area contributed by atoms with Crippen molar-refractivity contribution in [2.45, 2.75) is 20.8 Å². The average molecular weight is 247 g/mol. The first-order valence-corrected chi connectivity index (χ1v) is 5.91. The molecule has 0 amide bonds. The van der Waals surface area contributed by atoms with Crippen molar-refractivity contribution in [1.82, 2.24) is 4.98 Å². The lowest BCUT2D eigenvalue weighted by molar-refractivity contribution is 1.26. The maximum absolute atomic E-state index is 5.86. The summed E-state index contributed by atoms with van der Waals surface area (Å²) in [5.74, 6) is 0.771. The van der Waals surface area contributed by atoms with E-state index in [0.29, 0.717) is 5.15 Å². The molecule has 1 heterocycles. The van der Waals surface area contributed by atoms with Crippen LogP contribution in [0.5, 0.6) is 0 Å². The molecule has 17 heavy (non-hydrogen) atoms. The van der Waals surface area contributed by atoms with Gasteiger partial charge in [-0.25, -0.2) is 4.98 Å². The highest BCUT2D eigenvalue weighted by Crippen LogP contribution is 2.25. The fourth-order valence-corrected chi connectivity index (χ4v) is 2.15. The van der Waals surface area contributed by atoms with Gasteiger partial charge in [-0.3, -0.25) is 0 Å². The van der Waals surface area contributed by atoms with E-state index in [1.165, 1.54) is 16.7 Å². The Labute approximate surface area is 107 Å². The molecule has 88 valence electrons. The van der Waals surface area contributed by atoms with Crippen LogP contribution in [0.1, 0.15) is 16.7 Å². The highest BCUT2D eigenvalue weighted by Gasteiger charge is 2.04. The number of aromatic nitrogens is 1. The first kappa shape index (κ1) is 11.9. The van der Waals surface area contributed by atoms with E-state index < -0.39 is 0 Å². The number of aryl methyl sites for hydroxylation is 3. The lowest BCUT2D eigenvalue weighted by Gasteiger charge is -2.13. The lowest BCUT2D eigenvalue weighted by Crippen LogP contribution is -1.98. The highest BCUT2D eigenvalue weighted by atomic mass is 35.5. The van der Waals surface area contributed by atoms with Gasteiger partial charge in [0.25, 0.3) is 0 Å². The van der Waals surface area contributed by atoms with Crippen LogP contribution >= 0.6 is 11.6 Å². The standard InChI is InChI=1S/C14H15ClN2/c1-9-7-10(2)14(11(3)8-9)17-13-6-4-5-12(15)16-13/h4-8H,1-3H3,(H,16,17). The van der Waals surface area contributed by atoms with E-state index in [4.69, 9.17) is 11.6 Å². The third-order valence-corrected chi connectivity index (χ3v) is 2.86. The maximum Gasteiger partial charge on any atom is 0.132 e. The molecule has 0 saturated carbocycles. The monoisotopic (exact) mass is 246 g/mol. The van der Waals surface area contributed by atoms with Crippen LogP contribution in [0.25, 0.3) is 0 Å². The van der Waals surface area contributed by atoms with Crippen LogP contribution in [0, 0.1) is 20.8 Å². The molecule has 2 aromatic rings. The van der Waals surface area contributed by atoms with Gasteiger partial charge < -0.3 is 5.32 Å². The molecular formula is C14H15ClN2. The molecule has 0 aliphatic heterocycles. The van der Waals surface area contributed by atoms with Crippen LogP contribution in [-0.2, 0) is 0 Å². The molecule has 3 heteroatoms. The molecule has 2 rings (SSSR count). The molecular weight excluding hydrogens is 232 g/mol. The molecule has 0 atom stereocenters. The molecule has 0 aliphatic rings. The van der Waals surface area contributed by atoms with E-state index in [0.717, 1.165) is 11.5 Å². The molecule has 0 aliphatic carbocycles. The zero-order chi connectivity index (χ0) is 12.4. The van der Waals surface area contributed by atoms with Crippen molar-refractivity contribution in [2.75, 3.05) is 5.32 Å². The number of hydrogen-bond donors (Lipinski definition) is 1. The summed E-state index contributed by atoms with van der Waals surface area (Å²) >= 11 is 5.86. The fraction of sp³-hybridized carbons (Fsp3) is 0.214. The Hall–Kier alpha value is -1.54. The van der Waals surface area contributed by atoms with Crippen LogP contribution < -0.4 is 5.32 Å². The minimum absolute atomic E-state index is 0.498. The van der Waals surface area contributed by atoms with Crippen LogP contribution in [0.2, 0.25) is 5.15 Å². The summed E-state index contributed by atoms with van der Waals surface area (Å²) in [5, 5.41) is 3.81. The third kappa shape index (κ3) is 2.77. The van der Waals surface area contributed by atoms with Gasteiger partial charge in [0.2, 0.25) is 0 Å². The van der Waals surface area contributed by atoms with Crippen molar-refractivity contribution in [3.8, 4) is 0 Å². The second kappa shape index (κ2) is 4.76. The Kier molecular flexibility index (Phi) is 3.34. The molecule has 0 unspecified atom stereocenters. The quantitative estimate of drug-likeness (QED) is 0.795. The van der Waals surface area contributed by atoms with Gasteiger partial charge >= 0.3 is 0 Å². The number of halogens is 1. The molecule has 1 N–H and O–H groups in total. The SMILES string of the molecule is Cc1cc(C)c(Nc2cccc(Cl)n2)c(C)c1. The van der Waals surface area contributed by atoms with E-state index in [-0.39, 0.29) is 0 Å². The topological polar surface area (TPSA) is 24.9 Å². The van der Waals surface area contributed by atoms with Crippen molar-refractivity contribution < 1.29 is 0 Å². The summed E-state index contributed by atoms with van der Waals surface area (Å²) in [5.41, 5.74) is 4.79. The van der Waals surface area contributed by atoms with Gasteiger partial charge in [0.1, 0.15) is 11.0 Å². The maximum atomic E-state index is 5.86. The number of nitrogens with zero attached hydrogens (tertiary/aromatic N) is 1. The number of pyridine rings is 1. The predicted octanol–water partition coefficient (Wildman–Crippen LogP) is 4.40. The first-order chi connectivity index (χ1) is 8.06. The Bertz CT molecular complexity index is 527. The Morgan fingerprint density at radius 2 is 1.71 bits per heavy atom. The molecule has 1 aromatic carbocycles. The van der Waals surface area contributed by atoms with Gasteiger partial charge in [-0.05, 0) is 44.0 Å². The van der Waals surface area contributed by atoms with E-state index in [9.17, 15) is 0 Å². The van der Waals surface area contributed by atoms with Crippen LogP contribution in [0.4, 0.5) is 11.5 Å². The largest absolute Gasteiger partial charge is 0.340 e. The molecule has 0 bridgehead atoms.